The van der Waals surface area contributed by atoms with Crippen LogP contribution >= 0.6 is 0 Å². The van der Waals surface area contributed by atoms with Crippen molar-refractivity contribution in [1.82, 2.24) is 24.7 Å². The third-order valence-corrected chi connectivity index (χ3v) is 5.23. The first-order chi connectivity index (χ1) is 14.3. The van der Waals surface area contributed by atoms with Gasteiger partial charge in [-0.2, -0.15) is 0 Å². The molecular weight excluding hydrogens is 364 g/mol. The standard InChI is InChI=1S/C22H22N6O/c1-29-20-10-22-25-13-19(28(22)14-17(20)15-4-3-8-23-11-15)18-5-2-6-21(27-18)26-16-7-9-24-12-16/h2-6,8,10-11,13-14,16,24H,7,9,12H2,1H3,(H,26,27)/t16-/m1/s1. The van der Waals surface area contributed by atoms with Crippen LogP contribution in [-0.2, 0) is 0 Å². The molecule has 0 aliphatic carbocycles. The smallest absolute Gasteiger partial charge is 0.140 e. The predicted molar refractivity (Wildman–Crippen MR) is 113 cm³/mol. The van der Waals surface area contributed by atoms with Gasteiger partial charge in [0.25, 0.3) is 0 Å². The van der Waals surface area contributed by atoms with E-state index < -0.39 is 0 Å². The summed E-state index contributed by atoms with van der Waals surface area (Å²) in [6.07, 6.45) is 8.59. The highest BCUT2D eigenvalue weighted by Crippen LogP contribution is 2.32. The number of imidazole rings is 1. The summed E-state index contributed by atoms with van der Waals surface area (Å²) in [4.78, 5) is 13.6. The second-order valence-electron chi connectivity index (χ2n) is 7.11. The minimum Gasteiger partial charge on any atom is -0.496 e. The van der Waals surface area contributed by atoms with Crippen molar-refractivity contribution in [2.24, 2.45) is 0 Å². The van der Waals surface area contributed by atoms with E-state index in [0.29, 0.717) is 6.04 Å². The number of fused-ring (bicyclic) bond motifs is 1. The molecule has 0 unspecified atom stereocenters. The topological polar surface area (TPSA) is 76.4 Å². The van der Waals surface area contributed by atoms with Gasteiger partial charge in [-0.1, -0.05) is 12.1 Å². The second kappa shape index (κ2) is 7.52. The van der Waals surface area contributed by atoms with E-state index >= 15 is 0 Å². The van der Waals surface area contributed by atoms with Gasteiger partial charge in [-0.15, -0.1) is 0 Å². The maximum atomic E-state index is 5.60. The molecule has 0 saturated carbocycles. The van der Waals surface area contributed by atoms with E-state index in [4.69, 9.17) is 9.72 Å². The minimum atomic E-state index is 0.418. The quantitative estimate of drug-likeness (QED) is 0.548. The molecule has 5 rings (SSSR count). The first-order valence-electron chi connectivity index (χ1n) is 9.72. The number of anilines is 1. The highest BCUT2D eigenvalue weighted by Gasteiger charge is 2.16. The maximum Gasteiger partial charge on any atom is 0.140 e. The van der Waals surface area contributed by atoms with Gasteiger partial charge in [0.05, 0.1) is 24.7 Å². The summed E-state index contributed by atoms with van der Waals surface area (Å²) in [6.45, 7) is 2.01. The van der Waals surface area contributed by atoms with Crippen molar-refractivity contribution >= 4 is 11.5 Å². The van der Waals surface area contributed by atoms with Crippen molar-refractivity contribution < 1.29 is 4.74 Å². The molecule has 7 heteroatoms. The molecule has 0 amide bonds. The summed E-state index contributed by atoms with van der Waals surface area (Å²) in [7, 11) is 1.67. The summed E-state index contributed by atoms with van der Waals surface area (Å²) in [5.74, 6) is 1.65. The van der Waals surface area contributed by atoms with Crippen LogP contribution in [0.4, 0.5) is 5.82 Å². The molecular formula is C22H22N6O. The van der Waals surface area contributed by atoms with Crippen molar-refractivity contribution in [3.8, 4) is 28.3 Å². The molecule has 0 bridgehead atoms. The van der Waals surface area contributed by atoms with Crippen LogP contribution < -0.4 is 15.4 Å². The van der Waals surface area contributed by atoms with Gasteiger partial charge in [0, 0.05) is 48.4 Å². The number of hydrogen-bond donors (Lipinski definition) is 2. The van der Waals surface area contributed by atoms with Gasteiger partial charge in [-0.3, -0.25) is 9.38 Å². The van der Waals surface area contributed by atoms with Crippen LogP contribution in [0.2, 0.25) is 0 Å². The van der Waals surface area contributed by atoms with Gasteiger partial charge in [-0.05, 0) is 31.2 Å². The average molecular weight is 386 g/mol. The van der Waals surface area contributed by atoms with E-state index in [-0.39, 0.29) is 0 Å². The fraction of sp³-hybridized carbons (Fsp3) is 0.227. The fourth-order valence-corrected chi connectivity index (χ4v) is 3.75. The molecule has 1 aliphatic rings. The normalized spacial score (nSPS) is 16.2. The van der Waals surface area contributed by atoms with Crippen LogP contribution in [0.25, 0.3) is 28.2 Å². The van der Waals surface area contributed by atoms with Gasteiger partial charge in [-0.25, -0.2) is 9.97 Å². The summed E-state index contributed by atoms with van der Waals surface area (Å²) in [6, 6.07) is 12.3. The number of aromatic nitrogens is 4. The molecule has 146 valence electrons. The molecule has 0 aromatic carbocycles. The average Bonchev–Trinajstić information content (AvgIpc) is 3.43. The highest BCUT2D eigenvalue weighted by molar-refractivity contribution is 5.74. The summed E-state index contributed by atoms with van der Waals surface area (Å²) < 4.78 is 7.65. The Morgan fingerprint density at radius 1 is 1.21 bits per heavy atom. The van der Waals surface area contributed by atoms with Crippen LogP contribution in [-0.4, -0.2) is 45.6 Å². The zero-order valence-corrected chi connectivity index (χ0v) is 16.2. The number of nitrogens with zero attached hydrogens (tertiary/aromatic N) is 4. The fourth-order valence-electron chi connectivity index (χ4n) is 3.75. The third-order valence-electron chi connectivity index (χ3n) is 5.23. The minimum absolute atomic E-state index is 0.418. The van der Waals surface area contributed by atoms with E-state index in [2.05, 4.69) is 20.6 Å². The van der Waals surface area contributed by atoms with Gasteiger partial charge in [0.15, 0.2) is 0 Å². The lowest BCUT2D eigenvalue weighted by atomic mass is 10.1. The van der Waals surface area contributed by atoms with Crippen molar-refractivity contribution in [3.63, 3.8) is 0 Å². The van der Waals surface area contributed by atoms with E-state index in [0.717, 1.165) is 59.2 Å². The van der Waals surface area contributed by atoms with Crippen LogP contribution in [0.3, 0.4) is 0 Å². The molecule has 29 heavy (non-hydrogen) atoms. The largest absolute Gasteiger partial charge is 0.496 e. The molecule has 1 fully saturated rings. The van der Waals surface area contributed by atoms with Crippen LogP contribution in [0, 0.1) is 0 Å². The zero-order chi connectivity index (χ0) is 19.6. The molecule has 0 spiro atoms. The summed E-state index contributed by atoms with van der Waals surface area (Å²) in [5.41, 5.74) is 4.56. The Morgan fingerprint density at radius 3 is 2.97 bits per heavy atom. The monoisotopic (exact) mass is 386 g/mol. The molecule has 0 radical (unpaired) electrons. The maximum absolute atomic E-state index is 5.60. The van der Waals surface area contributed by atoms with Crippen LogP contribution in [0.5, 0.6) is 5.75 Å². The van der Waals surface area contributed by atoms with Crippen molar-refractivity contribution in [1.29, 1.82) is 0 Å². The Morgan fingerprint density at radius 2 is 2.17 bits per heavy atom. The molecule has 1 atom stereocenters. The second-order valence-corrected chi connectivity index (χ2v) is 7.11. The number of nitrogens with one attached hydrogen (secondary N) is 2. The number of methoxy groups -OCH3 is 1. The lowest BCUT2D eigenvalue weighted by molar-refractivity contribution is 0.416. The zero-order valence-electron chi connectivity index (χ0n) is 16.2. The SMILES string of the molecule is COc1cc2ncc(-c3cccc(N[C@@H]4CCNC4)n3)n2cc1-c1cccnc1. The van der Waals surface area contributed by atoms with Crippen molar-refractivity contribution in [2.45, 2.75) is 12.5 Å². The Bertz CT molecular complexity index is 1130. The van der Waals surface area contributed by atoms with Crippen molar-refractivity contribution in [2.75, 3.05) is 25.5 Å². The third kappa shape index (κ3) is 3.40. The molecule has 2 N–H and O–H groups in total. The lowest BCUT2D eigenvalue weighted by Crippen LogP contribution is -2.22. The lowest BCUT2D eigenvalue weighted by Gasteiger charge is -2.13. The van der Waals surface area contributed by atoms with Crippen LogP contribution in [0.1, 0.15) is 6.42 Å². The number of ether oxygens (including phenoxy) is 1. The summed E-state index contributed by atoms with van der Waals surface area (Å²) >= 11 is 0. The molecule has 5 heterocycles. The van der Waals surface area contributed by atoms with E-state index in [1.807, 2.05) is 59.4 Å². The van der Waals surface area contributed by atoms with Gasteiger partial charge >= 0.3 is 0 Å². The van der Waals surface area contributed by atoms with E-state index in [9.17, 15) is 0 Å². The molecule has 4 aromatic heterocycles. The van der Waals surface area contributed by atoms with Gasteiger partial charge in [0.2, 0.25) is 0 Å². The van der Waals surface area contributed by atoms with Gasteiger partial charge < -0.3 is 15.4 Å². The predicted octanol–water partition coefficient (Wildman–Crippen LogP) is 3.24. The number of rotatable bonds is 5. The Balaban J connectivity index is 1.57. The first kappa shape index (κ1) is 17.6. The number of hydrogen-bond acceptors (Lipinski definition) is 6. The first-order valence-corrected chi connectivity index (χ1v) is 9.72. The Kier molecular flexibility index (Phi) is 4.57. The summed E-state index contributed by atoms with van der Waals surface area (Å²) in [5, 5.41) is 6.89. The van der Waals surface area contributed by atoms with E-state index in [1.165, 1.54) is 0 Å². The van der Waals surface area contributed by atoms with Crippen LogP contribution in [0.15, 0.2) is 61.2 Å². The molecule has 4 aromatic rings. The highest BCUT2D eigenvalue weighted by atomic mass is 16.5. The van der Waals surface area contributed by atoms with Crippen molar-refractivity contribution in [3.05, 3.63) is 61.2 Å². The molecule has 7 nitrogen and oxygen atoms in total. The Hall–Kier alpha value is -3.45. The Labute approximate surface area is 168 Å². The van der Waals surface area contributed by atoms with E-state index in [1.54, 1.807) is 13.3 Å². The molecule has 1 saturated heterocycles. The number of pyridine rings is 3. The molecule has 1 aliphatic heterocycles. The van der Waals surface area contributed by atoms with Gasteiger partial charge in [0.1, 0.15) is 17.2 Å².